The maximum absolute atomic E-state index is 12.8. The molecule has 5 heteroatoms. The highest BCUT2D eigenvalue weighted by atomic mass is 19.1. The van der Waals surface area contributed by atoms with Crippen LogP contribution in [-0.4, -0.2) is 18.2 Å². The molecule has 4 nitrogen and oxygen atoms in total. The SMILES string of the molecule is CC(=NNC(=O)COc1ccccc1C)c1ccc(F)cc1. The van der Waals surface area contributed by atoms with E-state index in [-0.39, 0.29) is 18.3 Å². The molecule has 2 rings (SSSR count). The number of benzene rings is 2. The molecular formula is C17H17FN2O2. The zero-order valence-electron chi connectivity index (χ0n) is 12.5. The van der Waals surface area contributed by atoms with E-state index in [1.165, 1.54) is 12.1 Å². The van der Waals surface area contributed by atoms with Gasteiger partial charge in [0.2, 0.25) is 0 Å². The van der Waals surface area contributed by atoms with Crippen molar-refractivity contribution in [1.29, 1.82) is 0 Å². The lowest BCUT2D eigenvalue weighted by Gasteiger charge is -2.08. The quantitative estimate of drug-likeness (QED) is 0.681. The molecule has 2 aromatic rings. The first-order valence-electron chi connectivity index (χ1n) is 6.84. The summed E-state index contributed by atoms with van der Waals surface area (Å²) in [4.78, 5) is 11.7. The maximum Gasteiger partial charge on any atom is 0.277 e. The second-order valence-electron chi connectivity index (χ2n) is 4.79. The van der Waals surface area contributed by atoms with E-state index in [9.17, 15) is 9.18 Å². The number of hydrogen-bond donors (Lipinski definition) is 1. The number of hydrazone groups is 1. The first-order valence-corrected chi connectivity index (χ1v) is 6.84. The van der Waals surface area contributed by atoms with Gasteiger partial charge in [-0.25, -0.2) is 9.82 Å². The average molecular weight is 300 g/mol. The molecule has 0 bridgehead atoms. The van der Waals surface area contributed by atoms with Gasteiger partial charge in [-0.05, 0) is 43.2 Å². The van der Waals surface area contributed by atoms with Gasteiger partial charge in [-0.3, -0.25) is 4.79 Å². The number of ether oxygens (including phenoxy) is 1. The third kappa shape index (κ3) is 4.41. The lowest BCUT2D eigenvalue weighted by Crippen LogP contribution is -2.25. The highest BCUT2D eigenvalue weighted by molar-refractivity contribution is 5.99. The molecule has 0 aliphatic carbocycles. The molecule has 0 spiro atoms. The molecule has 0 atom stereocenters. The van der Waals surface area contributed by atoms with Gasteiger partial charge in [0.15, 0.2) is 6.61 Å². The first kappa shape index (κ1) is 15.7. The van der Waals surface area contributed by atoms with Crippen LogP contribution in [0.2, 0.25) is 0 Å². The highest BCUT2D eigenvalue weighted by Crippen LogP contribution is 2.15. The van der Waals surface area contributed by atoms with Gasteiger partial charge in [-0.2, -0.15) is 5.10 Å². The molecule has 0 saturated heterocycles. The Morgan fingerprint density at radius 2 is 1.86 bits per heavy atom. The number of aryl methyl sites for hydroxylation is 1. The number of para-hydroxylation sites is 1. The van der Waals surface area contributed by atoms with Gasteiger partial charge in [-0.15, -0.1) is 0 Å². The summed E-state index contributed by atoms with van der Waals surface area (Å²) in [7, 11) is 0. The van der Waals surface area contributed by atoms with E-state index in [1.54, 1.807) is 25.1 Å². The lowest BCUT2D eigenvalue weighted by atomic mass is 10.1. The lowest BCUT2D eigenvalue weighted by molar-refractivity contribution is -0.123. The minimum absolute atomic E-state index is 0.120. The molecule has 1 N–H and O–H groups in total. The van der Waals surface area contributed by atoms with Crippen LogP contribution < -0.4 is 10.2 Å². The summed E-state index contributed by atoms with van der Waals surface area (Å²) >= 11 is 0. The normalized spacial score (nSPS) is 11.1. The molecule has 114 valence electrons. The van der Waals surface area contributed by atoms with Gasteiger partial charge in [0.1, 0.15) is 11.6 Å². The zero-order valence-corrected chi connectivity index (χ0v) is 12.5. The number of rotatable bonds is 5. The smallest absolute Gasteiger partial charge is 0.277 e. The fourth-order valence-corrected chi connectivity index (χ4v) is 1.80. The van der Waals surface area contributed by atoms with E-state index in [0.29, 0.717) is 11.5 Å². The van der Waals surface area contributed by atoms with E-state index < -0.39 is 0 Å². The van der Waals surface area contributed by atoms with E-state index in [2.05, 4.69) is 10.5 Å². The number of carbonyl (C=O) groups is 1. The zero-order chi connectivity index (χ0) is 15.9. The Morgan fingerprint density at radius 1 is 1.18 bits per heavy atom. The summed E-state index contributed by atoms with van der Waals surface area (Å²) in [5, 5.41) is 3.97. The van der Waals surface area contributed by atoms with Crippen molar-refractivity contribution in [2.24, 2.45) is 5.10 Å². The number of nitrogens with zero attached hydrogens (tertiary/aromatic N) is 1. The third-order valence-electron chi connectivity index (χ3n) is 3.06. The van der Waals surface area contributed by atoms with E-state index >= 15 is 0 Å². The predicted octanol–water partition coefficient (Wildman–Crippen LogP) is 3.05. The van der Waals surface area contributed by atoms with Crippen LogP contribution in [0.3, 0.4) is 0 Å². The number of hydrogen-bond acceptors (Lipinski definition) is 3. The summed E-state index contributed by atoms with van der Waals surface area (Å²) < 4.78 is 18.3. The average Bonchev–Trinajstić information content (AvgIpc) is 2.52. The Balaban J connectivity index is 1.88. The maximum atomic E-state index is 12.8. The molecule has 0 unspecified atom stereocenters. The van der Waals surface area contributed by atoms with Gasteiger partial charge in [0, 0.05) is 0 Å². The Kier molecular flexibility index (Phi) is 5.25. The number of nitrogens with one attached hydrogen (secondary N) is 1. The van der Waals surface area contributed by atoms with Crippen LogP contribution in [0.5, 0.6) is 5.75 Å². The third-order valence-corrected chi connectivity index (χ3v) is 3.06. The Bertz CT molecular complexity index is 681. The van der Waals surface area contributed by atoms with Crippen molar-refractivity contribution in [2.45, 2.75) is 13.8 Å². The Hall–Kier alpha value is -2.69. The van der Waals surface area contributed by atoms with Crippen molar-refractivity contribution in [1.82, 2.24) is 5.43 Å². The van der Waals surface area contributed by atoms with Crippen LogP contribution in [0.25, 0.3) is 0 Å². The number of halogens is 1. The van der Waals surface area contributed by atoms with Crippen LogP contribution in [0.15, 0.2) is 53.6 Å². The first-order chi connectivity index (χ1) is 10.6. The molecule has 0 aromatic heterocycles. The van der Waals surface area contributed by atoms with Crippen molar-refractivity contribution in [3.63, 3.8) is 0 Å². The molecule has 0 saturated carbocycles. The summed E-state index contributed by atoms with van der Waals surface area (Å²) in [6.07, 6.45) is 0. The van der Waals surface area contributed by atoms with Crippen LogP contribution in [0.1, 0.15) is 18.1 Å². The molecule has 0 radical (unpaired) electrons. The Labute approximate surface area is 128 Å². The van der Waals surface area contributed by atoms with Crippen molar-refractivity contribution in [3.05, 3.63) is 65.5 Å². The number of carbonyl (C=O) groups excluding carboxylic acids is 1. The standard InChI is InChI=1S/C17H17FN2O2/c1-12-5-3-4-6-16(12)22-11-17(21)20-19-13(2)14-7-9-15(18)10-8-14/h3-10H,11H2,1-2H3,(H,20,21). The van der Waals surface area contributed by atoms with Gasteiger partial charge in [0.25, 0.3) is 5.91 Å². The van der Waals surface area contributed by atoms with Crippen LogP contribution in [0, 0.1) is 12.7 Å². The highest BCUT2D eigenvalue weighted by Gasteiger charge is 2.04. The summed E-state index contributed by atoms with van der Waals surface area (Å²) in [6.45, 7) is 3.52. The molecule has 1 amide bonds. The minimum Gasteiger partial charge on any atom is -0.483 e. The molecular weight excluding hydrogens is 283 g/mol. The minimum atomic E-state index is -0.357. The molecule has 0 aliphatic rings. The van der Waals surface area contributed by atoms with Crippen molar-refractivity contribution in [3.8, 4) is 5.75 Å². The summed E-state index contributed by atoms with van der Waals surface area (Å²) in [6, 6.07) is 13.3. The van der Waals surface area contributed by atoms with Crippen molar-refractivity contribution < 1.29 is 13.9 Å². The van der Waals surface area contributed by atoms with E-state index in [1.807, 2.05) is 25.1 Å². The molecule has 0 aliphatic heterocycles. The fraction of sp³-hybridized carbons (Fsp3) is 0.176. The monoisotopic (exact) mass is 300 g/mol. The van der Waals surface area contributed by atoms with Gasteiger partial charge in [-0.1, -0.05) is 30.3 Å². The van der Waals surface area contributed by atoms with Crippen molar-refractivity contribution >= 4 is 11.6 Å². The second-order valence-corrected chi connectivity index (χ2v) is 4.79. The summed E-state index contributed by atoms with van der Waals surface area (Å²) in [5.74, 6) is -0.00572. The predicted molar refractivity (Wildman–Crippen MR) is 83.4 cm³/mol. The summed E-state index contributed by atoms with van der Waals surface area (Å²) in [5.41, 5.74) is 4.70. The van der Waals surface area contributed by atoms with Crippen LogP contribution in [-0.2, 0) is 4.79 Å². The topological polar surface area (TPSA) is 50.7 Å². The molecule has 0 fully saturated rings. The van der Waals surface area contributed by atoms with Crippen LogP contribution >= 0.6 is 0 Å². The number of amides is 1. The fourth-order valence-electron chi connectivity index (χ4n) is 1.80. The Morgan fingerprint density at radius 3 is 2.55 bits per heavy atom. The largest absolute Gasteiger partial charge is 0.483 e. The second kappa shape index (κ2) is 7.36. The van der Waals surface area contributed by atoms with Crippen molar-refractivity contribution in [2.75, 3.05) is 6.61 Å². The van der Waals surface area contributed by atoms with E-state index in [4.69, 9.17) is 4.74 Å². The van der Waals surface area contributed by atoms with E-state index in [0.717, 1.165) is 11.1 Å². The molecule has 0 heterocycles. The van der Waals surface area contributed by atoms with Gasteiger partial charge in [0.05, 0.1) is 5.71 Å². The van der Waals surface area contributed by atoms with Crippen LogP contribution in [0.4, 0.5) is 4.39 Å². The van der Waals surface area contributed by atoms with Gasteiger partial charge < -0.3 is 4.74 Å². The van der Waals surface area contributed by atoms with Gasteiger partial charge >= 0.3 is 0 Å². The molecule has 22 heavy (non-hydrogen) atoms. The molecule has 2 aromatic carbocycles.